The molecule has 1 aromatic heterocycles. The van der Waals surface area contributed by atoms with Crippen LogP contribution >= 0.6 is 11.8 Å². The van der Waals surface area contributed by atoms with Gasteiger partial charge in [-0.2, -0.15) is 0 Å². The van der Waals surface area contributed by atoms with Crippen molar-refractivity contribution in [2.24, 2.45) is 5.41 Å². The minimum absolute atomic E-state index is 0.0548. The quantitative estimate of drug-likeness (QED) is 0.618. The molecule has 1 N–H and O–H groups in total. The molecular weight excluding hydrogens is 298 g/mol. The van der Waals surface area contributed by atoms with Crippen molar-refractivity contribution < 1.29 is 18.3 Å². The van der Waals surface area contributed by atoms with Gasteiger partial charge in [0, 0.05) is 18.4 Å². The first-order valence-corrected chi connectivity index (χ1v) is 7.78. The Morgan fingerprint density at radius 1 is 1.48 bits per heavy atom. The molecule has 1 heterocycles. The number of rotatable bonds is 7. The number of carbonyl (C=O) groups is 1. The monoisotopic (exact) mass is 316 g/mol. The second kappa shape index (κ2) is 6.60. The van der Waals surface area contributed by atoms with E-state index in [-0.39, 0.29) is 22.2 Å². The largest absolute Gasteiger partial charge is 0.469 e. The number of pyridine rings is 1. The van der Waals surface area contributed by atoms with E-state index < -0.39 is 11.6 Å². The van der Waals surface area contributed by atoms with Gasteiger partial charge < -0.3 is 10.1 Å². The molecule has 1 aliphatic rings. The SMILES string of the molecule is CCNc1nc(SCC2(CC(=O)OC)CC2)c(F)cc1F. The predicted molar refractivity (Wildman–Crippen MR) is 77.3 cm³/mol. The number of thioether (sulfide) groups is 1. The third kappa shape index (κ3) is 4.06. The molecule has 0 aromatic carbocycles. The first kappa shape index (κ1) is 16.0. The summed E-state index contributed by atoms with van der Waals surface area (Å²) in [4.78, 5) is 15.3. The molecular formula is C14H18F2N2O2S. The molecule has 1 aromatic rings. The molecule has 0 bridgehead atoms. The lowest BCUT2D eigenvalue weighted by Gasteiger charge is -2.13. The van der Waals surface area contributed by atoms with E-state index in [4.69, 9.17) is 0 Å². The molecule has 0 unspecified atom stereocenters. The Morgan fingerprint density at radius 2 is 2.19 bits per heavy atom. The van der Waals surface area contributed by atoms with Gasteiger partial charge in [0.2, 0.25) is 0 Å². The fourth-order valence-corrected chi connectivity index (χ4v) is 3.18. The van der Waals surface area contributed by atoms with Crippen LogP contribution in [0.15, 0.2) is 11.1 Å². The highest BCUT2D eigenvalue weighted by atomic mass is 32.2. The van der Waals surface area contributed by atoms with E-state index in [0.29, 0.717) is 18.7 Å². The van der Waals surface area contributed by atoms with E-state index in [1.807, 2.05) is 6.92 Å². The summed E-state index contributed by atoms with van der Waals surface area (Å²) in [6.07, 6.45) is 2.16. The lowest BCUT2D eigenvalue weighted by atomic mass is 10.1. The second-order valence-corrected chi connectivity index (χ2v) is 6.14. The zero-order valence-electron chi connectivity index (χ0n) is 12.0. The number of nitrogens with one attached hydrogen (secondary N) is 1. The average Bonchev–Trinajstić information content (AvgIpc) is 3.20. The summed E-state index contributed by atoms with van der Waals surface area (Å²) in [5.74, 6) is -1.00. The molecule has 1 aliphatic carbocycles. The first-order chi connectivity index (χ1) is 9.99. The van der Waals surface area contributed by atoms with Gasteiger partial charge in [-0.05, 0) is 25.2 Å². The summed E-state index contributed by atoms with van der Waals surface area (Å²) in [6.45, 7) is 2.32. The zero-order chi connectivity index (χ0) is 15.5. The highest BCUT2D eigenvalue weighted by molar-refractivity contribution is 7.99. The number of methoxy groups -OCH3 is 1. The number of hydrogen-bond acceptors (Lipinski definition) is 5. The van der Waals surface area contributed by atoms with Crippen molar-refractivity contribution in [3.63, 3.8) is 0 Å². The minimum Gasteiger partial charge on any atom is -0.469 e. The Bertz CT molecular complexity index is 536. The Kier molecular flexibility index (Phi) is 5.03. The standard InChI is InChI=1S/C14H18F2N2O2S/c1-3-17-12-9(15)6-10(16)13(18-12)21-8-14(4-5-14)7-11(19)20-2/h6H,3-5,7-8H2,1-2H3,(H,17,18). The molecule has 0 aliphatic heterocycles. The van der Waals surface area contributed by atoms with E-state index in [9.17, 15) is 13.6 Å². The Balaban J connectivity index is 2.03. The minimum atomic E-state index is -0.700. The van der Waals surface area contributed by atoms with Gasteiger partial charge in [0.25, 0.3) is 0 Å². The number of carbonyl (C=O) groups excluding carboxylic acids is 1. The van der Waals surface area contributed by atoms with Gasteiger partial charge in [0.15, 0.2) is 17.5 Å². The van der Waals surface area contributed by atoms with Crippen LogP contribution in [0.25, 0.3) is 0 Å². The maximum absolute atomic E-state index is 13.8. The number of esters is 1. The lowest BCUT2D eigenvalue weighted by Crippen LogP contribution is -2.13. The summed E-state index contributed by atoms with van der Waals surface area (Å²) in [7, 11) is 1.36. The van der Waals surface area contributed by atoms with Crippen LogP contribution in [-0.4, -0.2) is 30.4 Å². The normalized spacial score (nSPS) is 15.6. The van der Waals surface area contributed by atoms with Crippen LogP contribution in [0, 0.1) is 17.0 Å². The molecule has 1 fully saturated rings. The van der Waals surface area contributed by atoms with E-state index >= 15 is 0 Å². The summed E-state index contributed by atoms with van der Waals surface area (Å²) in [5.41, 5.74) is -0.126. The average molecular weight is 316 g/mol. The molecule has 0 saturated heterocycles. The van der Waals surface area contributed by atoms with Crippen LogP contribution in [0.1, 0.15) is 26.2 Å². The Morgan fingerprint density at radius 3 is 2.76 bits per heavy atom. The third-order valence-corrected chi connectivity index (χ3v) is 4.78. The number of nitrogens with zero attached hydrogens (tertiary/aromatic N) is 1. The van der Waals surface area contributed by atoms with Crippen LogP contribution in [0.5, 0.6) is 0 Å². The lowest BCUT2D eigenvalue weighted by molar-refractivity contribution is -0.141. The molecule has 21 heavy (non-hydrogen) atoms. The van der Waals surface area contributed by atoms with Gasteiger partial charge in [-0.3, -0.25) is 4.79 Å². The van der Waals surface area contributed by atoms with Crippen LogP contribution in [0.2, 0.25) is 0 Å². The number of anilines is 1. The molecule has 0 atom stereocenters. The fraction of sp³-hybridized carbons (Fsp3) is 0.571. The topological polar surface area (TPSA) is 51.2 Å². The maximum Gasteiger partial charge on any atom is 0.306 e. The van der Waals surface area contributed by atoms with Crippen LogP contribution in [0.3, 0.4) is 0 Å². The van der Waals surface area contributed by atoms with E-state index in [1.165, 1.54) is 18.9 Å². The van der Waals surface area contributed by atoms with Crippen molar-refractivity contribution in [1.29, 1.82) is 0 Å². The highest BCUT2D eigenvalue weighted by Gasteiger charge is 2.44. The number of halogens is 2. The van der Waals surface area contributed by atoms with Crippen molar-refractivity contribution in [3.8, 4) is 0 Å². The molecule has 2 rings (SSSR count). The second-order valence-electron chi connectivity index (χ2n) is 5.18. The molecule has 7 heteroatoms. The smallest absolute Gasteiger partial charge is 0.306 e. The Hall–Kier alpha value is -1.37. The van der Waals surface area contributed by atoms with Crippen molar-refractivity contribution in [2.75, 3.05) is 24.7 Å². The predicted octanol–water partition coefficient (Wildman–Crippen LogP) is 3.23. The summed E-state index contributed by atoms with van der Waals surface area (Å²) >= 11 is 1.22. The molecule has 0 spiro atoms. The van der Waals surface area contributed by atoms with Crippen molar-refractivity contribution >= 4 is 23.5 Å². The summed E-state index contributed by atoms with van der Waals surface area (Å²) in [6, 6.07) is 0.840. The molecule has 4 nitrogen and oxygen atoms in total. The van der Waals surface area contributed by atoms with Gasteiger partial charge in [-0.25, -0.2) is 13.8 Å². The van der Waals surface area contributed by atoms with Crippen LogP contribution in [0.4, 0.5) is 14.6 Å². The first-order valence-electron chi connectivity index (χ1n) is 6.79. The molecule has 0 radical (unpaired) electrons. The van der Waals surface area contributed by atoms with Gasteiger partial charge in [0.05, 0.1) is 13.5 Å². The van der Waals surface area contributed by atoms with Gasteiger partial charge in [-0.1, -0.05) is 0 Å². The number of ether oxygens (including phenoxy) is 1. The third-order valence-electron chi connectivity index (χ3n) is 3.46. The van der Waals surface area contributed by atoms with Crippen LogP contribution < -0.4 is 5.32 Å². The maximum atomic E-state index is 13.8. The summed E-state index contributed by atoms with van der Waals surface area (Å²) < 4.78 is 31.9. The van der Waals surface area contributed by atoms with Crippen molar-refractivity contribution in [2.45, 2.75) is 31.2 Å². The van der Waals surface area contributed by atoms with Gasteiger partial charge in [0.1, 0.15) is 5.03 Å². The molecule has 116 valence electrons. The fourth-order valence-electron chi connectivity index (χ4n) is 1.99. The zero-order valence-corrected chi connectivity index (χ0v) is 12.9. The van der Waals surface area contributed by atoms with Gasteiger partial charge >= 0.3 is 5.97 Å². The number of hydrogen-bond donors (Lipinski definition) is 1. The summed E-state index contributed by atoms with van der Waals surface area (Å²) in [5, 5.41) is 2.91. The van der Waals surface area contributed by atoms with Crippen molar-refractivity contribution in [1.82, 2.24) is 4.98 Å². The van der Waals surface area contributed by atoms with Gasteiger partial charge in [-0.15, -0.1) is 11.8 Å². The van der Waals surface area contributed by atoms with Crippen molar-refractivity contribution in [3.05, 3.63) is 17.7 Å². The molecule has 0 amide bonds. The highest BCUT2D eigenvalue weighted by Crippen LogP contribution is 2.52. The van der Waals surface area contributed by atoms with E-state index in [2.05, 4.69) is 15.0 Å². The van der Waals surface area contributed by atoms with Crippen LogP contribution in [-0.2, 0) is 9.53 Å². The molecule has 1 saturated carbocycles. The van der Waals surface area contributed by atoms with E-state index in [1.54, 1.807) is 0 Å². The number of aromatic nitrogens is 1. The van der Waals surface area contributed by atoms with E-state index in [0.717, 1.165) is 18.9 Å². The Labute approximate surface area is 126 Å².